The van der Waals surface area contributed by atoms with Crippen LogP contribution < -0.4 is 0 Å². The normalized spacial score (nSPS) is 10.3. The minimum absolute atomic E-state index is 0.255. The van der Waals surface area contributed by atoms with Gasteiger partial charge in [0.25, 0.3) is 0 Å². The average Bonchev–Trinajstić information content (AvgIpc) is 2.76. The summed E-state index contributed by atoms with van der Waals surface area (Å²) in [6.45, 7) is 0. The number of ether oxygens (including phenoxy) is 1. The van der Waals surface area contributed by atoms with Crippen LogP contribution in [0.2, 0.25) is 0 Å². The van der Waals surface area contributed by atoms with Gasteiger partial charge in [-0.25, -0.2) is 0 Å². The summed E-state index contributed by atoms with van der Waals surface area (Å²) >= 11 is 0. The minimum atomic E-state index is -0.540. The second-order valence-electron chi connectivity index (χ2n) is 3.32. The van der Waals surface area contributed by atoms with Gasteiger partial charge in [0.15, 0.2) is 5.78 Å². The molecule has 16 heavy (non-hydrogen) atoms. The summed E-state index contributed by atoms with van der Waals surface area (Å²) in [5, 5.41) is 7.43. The molecule has 0 spiro atoms. The van der Waals surface area contributed by atoms with Crippen LogP contribution in [0.5, 0.6) is 0 Å². The lowest BCUT2D eigenvalue weighted by Crippen LogP contribution is -2.09. The maximum Gasteiger partial charge on any atom is 0.313 e. The van der Waals surface area contributed by atoms with E-state index in [1.165, 1.54) is 7.11 Å². The molecule has 5 heteroatoms. The second kappa shape index (κ2) is 4.14. The first kappa shape index (κ1) is 10.4. The maximum atomic E-state index is 11.8. The summed E-state index contributed by atoms with van der Waals surface area (Å²) in [6.07, 6.45) is 1.37. The molecule has 0 aliphatic heterocycles. The lowest BCUT2D eigenvalue weighted by molar-refractivity contribution is -0.139. The van der Waals surface area contributed by atoms with Gasteiger partial charge in [-0.1, -0.05) is 12.1 Å². The number of para-hydroxylation sites is 1. The quantitative estimate of drug-likeness (QED) is 0.479. The zero-order valence-corrected chi connectivity index (χ0v) is 8.69. The van der Waals surface area contributed by atoms with Gasteiger partial charge in [-0.3, -0.25) is 14.7 Å². The minimum Gasteiger partial charge on any atom is -0.469 e. The van der Waals surface area contributed by atoms with Gasteiger partial charge in [0.05, 0.1) is 18.8 Å². The Labute approximate surface area is 91.4 Å². The molecule has 0 radical (unpaired) electrons. The third-order valence-electron chi connectivity index (χ3n) is 2.31. The van der Waals surface area contributed by atoms with E-state index in [9.17, 15) is 9.59 Å². The van der Waals surface area contributed by atoms with E-state index in [0.29, 0.717) is 11.1 Å². The van der Waals surface area contributed by atoms with Crippen molar-refractivity contribution in [1.82, 2.24) is 10.2 Å². The number of carbonyl (C=O) groups is 2. The zero-order chi connectivity index (χ0) is 11.5. The molecule has 0 atom stereocenters. The van der Waals surface area contributed by atoms with Gasteiger partial charge in [0.1, 0.15) is 6.42 Å². The SMILES string of the molecule is COC(=O)CC(=O)c1cccc2cn[nH]c12. The predicted molar refractivity (Wildman–Crippen MR) is 57.1 cm³/mol. The Hall–Kier alpha value is -2.17. The Morgan fingerprint density at radius 1 is 1.44 bits per heavy atom. The number of nitrogens with zero attached hydrogens (tertiary/aromatic N) is 1. The largest absolute Gasteiger partial charge is 0.469 e. The highest BCUT2D eigenvalue weighted by molar-refractivity contribution is 6.12. The van der Waals surface area contributed by atoms with E-state index in [-0.39, 0.29) is 12.2 Å². The lowest BCUT2D eigenvalue weighted by atomic mass is 10.1. The number of hydrogen-bond acceptors (Lipinski definition) is 4. The molecule has 1 aromatic heterocycles. The van der Waals surface area contributed by atoms with Gasteiger partial charge in [-0.2, -0.15) is 5.10 Å². The number of nitrogens with one attached hydrogen (secondary N) is 1. The van der Waals surface area contributed by atoms with E-state index < -0.39 is 5.97 Å². The Bertz CT molecular complexity index is 545. The monoisotopic (exact) mass is 218 g/mol. The van der Waals surface area contributed by atoms with E-state index >= 15 is 0 Å². The maximum absolute atomic E-state index is 11.8. The first-order chi connectivity index (χ1) is 7.72. The summed E-state index contributed by atoms with van der Waals surface area (Å²) in [7, 11) is 1.26. The number of esters is 1. The number of hydrogen-bond donors (Lipinski definition) is 1. The molecule has 2 aromatic rings. The van der Waals surface area contributed by atoms with Gasteiger partial charge in [-0.15, -0.1) is 0 Å². The molecule has 0 amide bonds. The van der Waals surface area contributed by atoms with Crippen LogP contribution in [0.25, 0.3) is 10.9 Å². The first-order valence-corrected chi connectivity index (χ1v) is 4.74. The Balaban J connectivity index is 2.36. The van der Waals surface area contributed by atoms with Crippen molar-refractivity contribution < 1.29 is 14.3 Å². The number of aromatic nitrogens is 2. The van der Waals surface area contributed by atoms with Gasteiger partial charge >= 0.3 is 5.97 Å². The van der Waals surface area contributed by atoms with Crippen molar-refractivity contribution in [3.8, 4) is 0 Å². The van der Waals surface area contributed by atoms with Crippen molar-refractivity contribution >= 4 is 22.7 Å². The van der Waals surface area contributed by atoms with E-state index in [2.05, 4.69) is 14.9 Å². The molecule has 1 aromatic carbocycles. The number of benzene rings is 1. The standard InChI is InChI=1S/C11H10N2O3/c1-16-10(15)5-9(14)8-4-2-3-7-6-12-13-11(7)8/h2-4,6H,5H2,1H3,(H,12,13). The Morgan fingerprint density at radius 2 is 2.25 bits per heavy atom. The molecule has 0 unspecified atom stereocenters. The molecule has 5 nitrogen and oxygen atoms in total. The van der Waals surface area contributed by atoms with E-state index in [1.54, 1.807) is 18.3 Å². The number of H-pyrrole nitrogens is 1. The van der Waals surface area contributed by atoms with E-state index in [1.807, 2.05) is 6.07 Å². The van der Waals surface area contributed by atoms with Crippen LogP contribution in [-0.2, 0) is 9.53 Å². The van der Waals surface area contributed by atoms with E-state index in [4.69, 9.17) is 0 Å². The molecule has 0 aliphatic carbocycles. The highest BCUT2D eigenvalue weighted by atomic mass is 16.5. The van der Waals surface area contributed by atoms with Crippen molar-refractivity contribution in [2.24, 2.45) is 0 Å². The summed E-state index contributed by atoms with van der Waals surface area (Å²) in [6, 6.07) is 5.25. The molecule has 2 rings (SSSR count). The number of methoxy groups -OCH3 is 1. The third-order valence-corrected chi connectivity index (χ3v) is 2.31. The summed E-state index contributed by atoms with van der Waals surface area (Å²) in [5.41, 5.74) is 1.11. The van der Waals surface area contributed by atoms with E-state index in [0.717, 1.165) is 5.39 Å². The van der Waals surface area contributed by atoms with Crippen molar-refractivity contribution in [3.63, 3.8) is 0 Å². The van der Waals surface area contributed by atoms with Crippen LogP contribution in [-0.4, -0.2) is 29.1 Å². The molecule has 0 saturated carbocycles. The summed E-state index contributed by atoms with van der Waals surface area (Å²) < 4.78 is 4.45. The lowest BCUT2D eigenvalue weighted by Gasteiger charge is -2.01. The number of fused-ring (bicyclic) bond motifs is 1. The number of Topliss-reactive ketones (excluding diaryl/α,β-unsaturated/α-hetero) is 1. The molecule has 0 fully saturated rings. The highest BCUT2D eigenvalue weighted by Gasteiger charge is 2.15. The number of ketones is 1. The Kier molecular flexibility index (Phi) is 2.68. The smallest absolute Gasteiger partial charge is 0.313 e. The van der Waals surface area contributed by atoms with Gasteiger partial charge < -0.3 is 4.74 Å². The number of rotatable bonds is 3. The molecule has 0 aliphatic rings. The fourth-order valence-corrected chi connectivity index (χ4v) is 1.50. The van der Waals surface area contributed by atoms with Crippen LogP contribution in [0.3, 0.4) is 0 Å². The van der Waals surface area contributed by atoms with Crippen LogP contribution in [0, 0.1) is 0 Å². The molecule has 0 saturated heterocycles. The number of aromatic amines is 1. The van der Waals surface area contributed by atoms with Crippen LogP contribution in [0.15, 0.2) is 24.4 Å². The molecular formula is C11H10N2O3. The molecule has 82 valence electrons. The van der Waals surface area contributed by atoms with Crippen molar-refractivity contribution in [2.75, 3.05) is 7.11 Å². The fraction of sp³-hybridized carbons (Fsp3) is 0.182. The van der Waals surface area contributed by atoms with Gasteiger partial charge in [0, 0.05) is 10.9 Å². The van der Waals surface area contributed by atoms with Crippen molar-refractivity contribution in [2.45, 2.75) is 6.42 Å². The Morgan fingerprint density at radius 3 is 3.00 bits per heavy atom. The molecule has 1 heterocycles. The average molecular weight is 218 g/mol. The van der Waals surface area contributed by atoms with Crippen LogP contribution in [0.1, 0.15) is 16.8 Å². The zero-order valence-electron chi connectivity index (χ0n) is 8.69. The van der Waals surface area contributed by atoms with Crippen LogP contribution >= 0.6 is 0 Å². The van der Waals surface area contributed by atoms with Gasteiger partial charge in [0.2, 0.25) is 0 Å². The third kappa shape index (κ3) is 1.79. The summed E-state index contributed by atoms with van der Waals surface area (Å²) in [5.74, 6) is -0.816. The fourth-order valence-electron chi connectivity index (χ4n) is 1.50. The van der Waals surface area contributed by atoms with Crippen molar-refractivity contribution in [3.05, 3.63) is 30.0 Å². The van der Waals surface area contributed by atoms with Crippen LogP contribution in [0.4, 0.5) is 0 Å². The molecule has 1 N–H and O–H groups in total. The topological polar surface area (TPSA) is 72.1 Å². The van der Waals surface area contributed by atoms with Crippen molar-refractivity contribution in [1.29, 1.82) is 0 Å². The first-order valence-electron chi connectivity index (χ1n) is 4.74. The summed E-state index contributed by atoms with van der Waals surface area (Å²) in [4.78, 5) is 22.8. The molecular weight excluding hydrogens is 208 g/mol. The number of carbonyl (C=O) groups excluding carboxylic acids is 2. The van der Waals surface area contributed by atoms with Gasteiger partial charge in [-0.05, 0) is 6.07 Å². The second-order valence-corrected chi connectivity index (χ2v) is 3.32. The predicted octanol–water partition coefficient (Wildman–Crippen LogP) is 1.31. The molecule has 0 bridgehead atoms. The highest BCUT2D eigenvalue weighted by Crippen LogP contribution is 2.17.